The molecule has 41 heavy (non-hydrogen) atoms. The number of fused-ring (bicyclic) bond motifs is 1. The standard InChI is InChI=1S/C26H22F7N7O/c1-39-13-15(3-5-20(39)26(31,32)33)22-19-12-35-8-9-40(19,34)23(38-22)17-4-2-14(10-18(17)27)24(41)37-21-11-16(6-7-36-21)25(28,29)30/h2,4,6-12,15,20H,3,5,13,34H2,1H3/p+1/t15-,20+,40?/m0/s1. The van der Waals surface area contributed by atoms with Gasteiger partial charge in [0.25, 0.3) is 11.7 Å². The largest absolute Gasteiger partial charge is 0.416 e. The number of carbonyl (C=O) groups is 1. The number of piperidine rings is 1. The van der Waals surface area contributed by atoms with Gasteiger partial charge < -0.3 is 5.32 Å². The summed E-state index contributed by atoms with van der Waals surface area (Å²) in [5, 5.41) is 2.21. The zero-order valence-corrected chi connectivity index (χ0v) is 21.3. The van der Waals surface area contributed by atoms with Crippen molar-refractivity contribution < 1.29 is 40.1 Å². The number of quaternary nitrogens is 1. The van der Waals surface area contributed by atoms with Crippen LogP contribution in [-0.4, -0.2) is 58.2 Å². The number of alkyl halides is 6. The molecule has 1 amide bonds. The summed E-state index contributed by atoms with van der Waals surface area (Å²) in [5.74, 6) is 4.04. The van der Waals surface area contributed by atoms with Gasteiger partial charge in [-0.15, -0.1) is 4.59 Å². The summed E-state index contributed by atoms with van der Waals surface area (Å²) in [6.07, 6.45) is -3.85. The number of allylic oxidation sites excluding steroid dienone is 1. The molecule has 4 heterocycles. The molecule has 3 N–H and O–H groups in total. The first-order chi connectivity index (χ1) is 19.2. The van der Waals surface area contributed by atoms with Crippen LogP contribution in [0.4, 0.5) is 36.6 Å². The van der Waals surface area contributed by atoms with Crippen LogP contribution in [0.1, 0.15) is 34.3 Å². The first-order valence-electron chi connectivity index (χ1n) is 12.3. The summed E-state index contributed by atoms with van der Waals surface area (Å²) in [7, 11) is 1.38. The fraction of sp³-hybridized carbons (Fsp3) is 0.308. The monoisotopic (exact) mass is 582 g/mol. The quantitative estimate of drug-likeness (QED) is 0.302. The fourth-order valence-corrected chi connectivity index (χ4v) is 5.17. The van der Waals surface area contributed by atoms with Crippen molar-refractivity contribution in [3.05, 3.63) is 82.8 Å². The van der Waals surface area contributed by atoms with Gasteiger partial charge in [0.1, 0.15) is 29.6 Å². The van der Waals surface area contributed by atoms with Crippen molar-refractivity contribution in [3.63, 3.8) is 0 Å². The first kappa shape index (κ1) is 28.6. The molecule has 3 aliphatic rings. The van der Waals surface area contributed by atoms with E-state index < -0.39 is 46.2 Å². The van der Waals surface area contributed by atoms with Crippen molar-refractivity contribution in [2.24, 2.45) is 21.7 Å². The molecular formula is C26H23F7N7O+. The number of benzene rings is 1. The van der Waals surface area contributed by atoms with E-state index in [0.717, 1.165) is 18.3 Å². The highest BCUT2D eigenvalue weighted by molar-refractivity contribution is 6.05. The molecule has 5 rings (SSSR count). The predicted octanol–water partition coefficient (Wildman–Crippen LogP) is 4.98. The van der Waals surface area contributed by atoms with E-state index in [0.29, 0.717) is 17.5 Å². The molecule has 0 spiro atoms. The lowest BCUT2D eigenvalue weighted by Crippen LogP contribution is -2.53. The minimum absolute atomic E-state index is 0.0296. The van der Waals surface area contributed by atoms with Crippen molar-refractivity contribution in [2.45, 2.75) is 31.2 Å². The maximum Gasteiger partial charge on any atom is 0.416 e. The molecule has 216 valence electrons. The molecular weight excluding hydrogens is 559 g/mol. The minimum Gasteiger partial charge on any atom is -0.307 e. The van der Waals surface area contributed by atoms with E-state index in [1.807, 2.05) is 0 Å². The predicted molar refractivity (Wildman–Crippen MR) is 134 cm³/mol. The molecule has 1 saturated heterocycles. The van der Waals surface area contributed by atoms with Gasteiger partial charge in [0.2, 0.25) is 5.70 Å². The Hall–Kier alpha value is -3.95. The lowest BCUT2D eigenvalue weighted by atomic mass is 9.89. The average molecular weight is 583 g/mol. The van der Waals surface area contributed by atoms with Crippen molar-refractivity contribution in [1.29, 1.82) is 0 Å². The van der Waals surface area contributed by atoms with Gasteiger partial charge in [-0.25, -0.2) is 9.37 Å². The summed E-state index contributed by atoms with van der Waals surface area (Å²) >= 11 is 0. The van der Waals surface area contributed by atoms with E-state index in [1.54, 1.807) is 0 Å². The Labute approximate surface area is 228 Å². The molecule has 2 aromatic rings. The number of aliphatic imine (C=N–C) groups is 2. The van der Waals surface area contributed by atoms with Gasteiger partial charge in [0.05, 0.1) is 23.5 Å². The number of nitrogens with zero attached hydrogens (tertiary/aromatic N) is 5. The smallest absolute Gasteiger partial charge is 0.307 e. The van der Waals surface area contributed by atoms with Crippen molar-refractivity contribution in [1.82, 2.24) is 9.88 Å². The van der Waals surface area contributed by atoms with Crippen LogP contribution in [0.15, 0.2) is 70.3 Å². The van der Waals surface area contributed by atoms with Crippen LogP contribution in [0.5, 0.6) is 0 Å². The van der Waals surface area contributed by atoms with Crippen molar-refractivity contribution in [3.8, 4) is 0 Å². The lowest BCUT2D eigenvalue weighted by Gasteiger charge is -2.37. The summed E-state index contributed by atoms with van der Waals surface area (Å²) < 4.78 is 93.9. The Morgan fingerprint density at radius 2 is 1.88 bits per heavy atom. The maximum absolute atomic E-state index is 15.5. The van der Waals surface area contributed by atoms with E-state index in [1.165, 1.54) is 42.7 Å². The second kappa shape index (κ2) is 10.2. The molecule has 1 aromatic carbocycles. The lowest BCUT2D eigenvalue weighted by molar-refractivity contribution is -0.750. The van der Waals surface area contributed by atoms with Gasteiger partial charge >= 0.3 is 12.4 Å². The SMILES string of the molecule is CN1C[C@@H](C2=C3C=NC=C[N+]3(N)C(c3ccc(C(=O)Nc4cc(C(F)(F)F)ccn4)cc3F)=N2)CC[C@@H]1C(F)(F)F. The van der Waals surface area contributed by atoms with Crippen LogP contribution in [0.2, 0.25) is 0 Å². The molecule has 1 aromatic heterocycles. The number of aromatic nitrogens is 1. The van der Waals surface area contributed by atoms with E-state index in [2.05, 4.69) is 20.3 Å². The third kappa shape index (κ3) is 5.39. The topological polar surface area (TPSA) is 96.0 Å². The van der Waals surface area contributed by atoms with Gasteiger partial charge in [0, 0.05) is 24.2 Å². The average Bonchev–Trinajstić information content (AvgIpc) is 3.20. The van der Waals surface area contributed by atoms with Crippen LogP contribution in [0.25, 0.3) is 0 Å². The molecule has 0 bridgehead atoms. The highest BCUT2D eigenvalue weighted by Crippen LogP contribution is 2.41. The summed E-state index contributed by atoms with van der Waals surface area (Å²) in [6, 6.07) is 3.19. The minimum atomic E-state index is -4.65. The molecule has 0 radical (unpaired) electrons. The fourth-order valence-electron chi connectivity index (χ4n) is 5.17. The van der Waals surface area contributed by atoms with Crippen molar-refractivity contribution in [2.75, 3.05) is 18.9 Å². The third-order valence-electron chi connectivity index (χ3n) is 7.22. The number of nitrogens with two attached hydrogens (primary N) is 1. The second-order valence-electron chi connectivity index (χ2n) is 9.91. The van der Waals surface area contributed by atoms with E-state index in [4.69, 9.17) is 5.84 Å². The number of likely N-dealkylation sites (tertiary alicyclic amines) is 1. The number of rotatable bonds is 4. The Morgan fingerprint density at radius 1 is 1.12 bits per heavy atom. The number of carbonyl (C=O) groups excluding carboxylic acids is 1. The number of hydrogen-bond acceptors (Lipinski definition) is 6. The highest BCUT2D eigenvalue weighted by atomic mass is 19.4. The van der Waals surface area contributed by atoms with Gasteiger partial charge in [-0.2, -0.15) is 37.2 Å². The Balaban J connectivity index is 1.41. The van der Waals surface area contributed by atoms with Crippen LogP contribution in [0, 0.1) is 11.7 Å². The van der Waals surface area contributed by atoms with Gasteiger partial charge in [-0.3, -0.25) is 14.7 Å². The molecule has 8 nitrogen and oxygen atoms in total. The van der Waals surface area contributed by atoms with Crippen LogP contribution < -0.4 is 11.2 Å². The molecule has 15 heteroatoms. The van der Waals surface area contributed by atoms with Crippen LogP contribution in [0.3, 0.4) is 0 Å². The molecule has 3 aliphatic heterocycles. The molecule has 1 fully saturated rings. The van der Waals surface area contributed by atoms with E-state index in [-0.39, 0.29) is 42.2 Å². The molecule has 3 atom stereocenters. The van der Waals surface area contributed by atoms with E-state index >= 15 is 4.39 Å². The molecule has 0 aliphatic carbocycles. The Kier molecular flexibility index (Phi) is 7.07. The van der Waals surface area contributed by atoms with Crippen LogP contribution >= 0.6 is 0 Å². The zero-order chi connectivity index (χ0) is 29.7. The van der Waals surface area contributed by atoms with Gasteiger partial charge in [0.15, 0.2) is 0 Å². The van der Waals surface area contributed by atoms with Crippen LogP contribution in [-0.2, 0) is 6.18 Å². The van der Waals surface area contributed by atoms with Gasteiger partial charge in [-0.05, 0) is 50.2 Å². The Morgan fingerprint density at radius 3 is 2.54 bits per heavy atom. The summed E-state index contributed by atoms with van der Waals surface area (Å²) in [6.45, 7) is 0.0442. The van der Waals surface area contributed by atoms with Gasteiger partial charge in [-0.1, -0.05) is 0 Å². The number of hydrogen-bond donors (Lipinski definition) is 2. The summed E-state index contributed by atoms with van der Waals surface area (Å²) in [5.41, 5.74) is -0.533. The Bertz CT molecular complexity index is 1510. The summed E-state index contributed by atoms with van der Waals surface area (Å²) in [4.78, 5) is 26.2. The number of amidine groups is 1. The maximum atomic E-state index is 15.5. The molecule has 1 unspecified atom stereocenters. The number of halogens is 7. The first-order valence-corrected chi connectivity index (χ1v) is 12.3. The molecule has 0 saturated carbocycles. The number of amides is 1. The van der Waals surface area contributed by atoms with E-state index in [9.17, 15) is 31.1 Å². The van der Waals surface area contributed by atoms with Crippen molar-refractivity contribution >= 4 is 23.8 Å². The number of nitrogens with one attached hydrogen (secondary N) is 1. The number of pyridine rings is 1. The number of anilines is 1. The second-order valence-corrected chi connectivity index (χ2v) is 9.91. The highest BCUT2D eigenvalue weighted by Gasteiger charge is 2.50. The zero-order valence-electron chi connectivity index (χ0n) is 21.3. The normalized spacial score (nSPS) is 24.9. The third-order valence-corrected chi connectivity index (χ3v) is 7.22.